The van der Waals surface area contributed by atoms with Crippen LogP contribution in [0.4, 0.5) is 10.1 Å². The number of halogens is 1. The lowest BCUT2D eigenvalue weighted by Gasteiger charge is -2.07. The van der Waals surface area contributed by atoms with Gasteiger partial charge in [-0.05, 0) is 42.8 Å². The van der Waals surface area contributed by atoms with Crippen LogP contribution in [0.3, 0.4) is 0 Å². The van der Waals surface area contributed by atoms with Crippen LogP contribution in [0, 0.1) is 5.82 Å². The van der Waals surface area contributed by atoms with Crippen molar-refractivity contribution < 1.29 is 13.9 Å². The molecular weight excluding hydrogens is 281 g/mol. The van der Waals surface area contributed by atoms with E-state index in [1.807, 2.05) is 31.2 Å². The second kappa shape index (κ2) is 7.98. The summed E-state index contributed by atoms with van der Waals surface area (Å²) in [6, 6.07) is 13.1. The quantitative estimate of drug-likeness (QED) is 0.809. The molecule has 0 saturated carbocycles. The van der Waals surface area contributed by atoms with Crippen LogP contribution in [-0.2, 0) is 4.79 Å². The summed E-state index contributed by atoms with van der Waals surface area (Å²) in [5.74, 6) is 0.127. The molecule has 0 fully saturated rings. The normalized spacial score (nSPS) is 10.6. The van der Waals surface area contributed by atoms with Gasteiger partial charge in [0.25, 0.3) is 0 Å². The smallest absolute Gasteiger partial charge is 0.248 e. The van der Waals surface area contributed by atoms with Crippen LogP contribution >= 0.6 is 0 Å². The van der Waals surface area contributed by atoms with Crippen LogP contribution in [0.5, 0.6) is 5.75 Å². The fourth-order valence-electron chi connectivity index (χ4n) is 1.84. The predicted molar refractivity (Wildman–Crippen MR) is 86.3 cm³/mol. The first kappa shape index (κ1) is 15.8. The van der Waals surface area contributed by atoms with Crippen molar-refractivity contribution in [2.75, 3.05) is 11.9 Å². The first-order valence-corrected chi connectivity index (χ1v) is 7.15. The van der Waals surface area contributed by atoms with Gasteiger partial charge < -0.3 is 10.1 Å². The Morgan fingerprint density at radius 3 is 2.64 bits per heavy atom. The predicted octanol–water partition coefficient (Wildman–Crippen LogP) is 4.27. The molecule has 1 N–H and O–H groups in total. The Balaban J connectivity index is 2.01. The van der Waals surface area contributed by atoms with E-state index in [4.69, 9.17) is 4.74 Å². The Morgan fingerprint density at radius 2 is 1.91 bits per heavy atom. The molecule has 0 heterocycles. The largest absolute Gasteiger partial charge is 0.493 e. The molecule has 0 aliphatic carbocycles. The molecule has 0 radical (unpaired) electrons. The summed E-state index contributed by atoms with van der Waals surface area (Å²) in [6.45, 7) is 2.67. The summed E-state index contributed by atoms with van der Waals surface area (Å²) < 4.78 is 18.4. The summed E-state index contributed by atoms with van der Waals surface area (Å²) in [7, 11) is 0. The highest BCUT2D eigenvalue weighted by atomic mass is 19.1. The first-order valence-electron chi connectivity index (χ1n) is 7.15. The number of carbonyl (C=O) groups excluding carboxylic acids is 1. The van der Waals surface area contributed by atoms with Crippen LogP contribution in [0.15, 0.2) is 54.6 Å². The molecule has 2 rings (SSSR count). The molecule has 114 valence electrons. The van der Waals surface area contributed by atoms with Gasteiger partial charge in [-0.3, -0.25) is 4.79 Å². The average Bonchev–Trinajstić information content (AvgIpc) is 2.54. The van der Waals surface area contributed by atoms with Crippen molar-refractivity contribution in [3.63, 3.8) is 0 Å². The second-order valence-corrected chi connectivity index (χ2v) is 4.72. The molecule has 2 aromatic carbocycles. The zero-order chi connectivity index (χ0) is 15.8. The van der Waals surface area contributed by atoms with Crippen molar-refractivity contribution in [2.45, 2.75) is 13.3 Å². The number of rotatable bonds is 6. The average molecular weight is 299 g/mol. The van der Waals surface area contributed by atoms with Crippen molar-refractivity contribution in [3.8, 4) is 5.75 Å². The van der Waals surface area contributed by atoms with E-state index in [1.54, 1.807) is 6.08 Å². The van der Waals surface area contributed by atoms with Crippen LogP contribution < -0.4 is 10.1 Å². The standard InChI is InChI=1S/C18H18FNO2/c1-2-13-22-17-6-4-3-5-14(17)7-12-18(21)20-16-10-8-15(19)9-11-16/h3-12H,2,13H2,1H3,(H,20,21)/b12-7+. The zero-order valence-corrected chi connectivity index (χ0v) is 12.4. The molecule has 2 aromatic rings. The SMILES string of the molecule is CCCOc1ccccc1/C=C/C(=O)Nc1ccc(F)cc1. The second-order valence-electron chi connectivity index (χ2n) is 4.72. The lowest BCUT2D eigenvalue weighted by molar-refractivity contribution is -0.111. The van der Waals surface area contributed by atoms with E-state index in [1.165, 1.54) is 30.3 Å². The molecule has 3 nitrogen and oxygen atoms in total. The Bertz CT molecular complexity index is 650. The number of nitrogens with one attached hydrogen (secondary N) is 1. The van der Waals surface area contributed by atoms with Crippen LogP contribution in [0.25, 0.3) is 6.08 Å². The molecule has 22 heavy (non-hydrogen) atoms. The number of hydrogen-bond donors (Lipinski definition) is 1. The van der Waals surface area contributed by atoms with Gasteiger partial charge in [-0.1, -0.05) is 25.1 Å². The molecule has 0 unspecified atom stereocenters. The number of ether oxygens (including phenoxy) is 1. The minimum absolute atomic E-state index is 0.281. The Labute approximate surface area is 129 Å². The van der Waals surface area contributed by atoms with Gasteiger partial charge in [-0.15, -0.1) is 0 Å². The first-order chi connectivity index (χ1) is 10.7. The highest BCUT2D eigenvalue weighted by molar-refractivity contribution is 6.02. The third kappa shape index (κ3) is 4.74. The summed E-state index contributed by atoms with van der Waals surface area (Å²) >= 11 is 0. The molecule has 0 aliphatic rings. The monoisotopic (exact) mass is 299 g/mol. The Hall–Kier alpha value is -2.62. The molecule has 0 atom stereocenters. The fraction of sp³-hybridized carbons (Fsp3) is 0.167. The third-order valence-electron chi connectivity index (χ3n) is 2.91. The van der Waals surface area contributed by atoms with E-state index in [9.17, 15) is 9.18 Å². The molecule has 0 spiro atoms. The zero-order valence-electron chi connectivity index (χ0n) is 12.4. The lowest BCUT2D eigenvalue weighted by Crippen LogP contribution is -2.07. The van der Waals surface area contributed by atoms with E-state index in [-0.39, 0.29) is 11.7 Å². The van der Waals surface area contributed by atoms with Gasteiger partial charge in [0, 0.05) is 17.3 Å². The van der Waals surface area contributed by atoms with Gasteiger partial charge in [0.15, 0.2) is 0 Å². The molecule has 0 saturated heterocycles. The summed E-state index contributed by atoms with van der Waals surface area (Å²) in [4.78, 5) is 11.9. The maximum absolute atomic E-state index is 12.8. The number of para-hydroxylation sites is 1. The van der Waals surface area contributed by atoms with Crippen LogP contribution in [0.2, 0.25) is 0 Å². The summed E-state index contributed by atoms with van der Waals surface area (Å²) in [5.41, 5.74) is 1.39. The maximum atomic E-state index is 12.8. The topological polar surface area (TPSA) is 38.3 Å². The number of amides is 1. The molecule has 1 amide bonds. The molecule has 0 aromatic heterocycles. The number of hydrogen-bond acceptors (Lipinski definition) is 2. The van der Waals surface area contributed by atoms with Gasteiger partial charge in [0.05, 0.1) is 6.61 Å². The number of anilines is 1. The van der Waals surface area contributed by atoms with Gasteiger partial charge in [0.2, 0.25) is 5.91 Å². The fourth-order valence-corrected chi connectivity index (χ4v) is 1.84. The number of carbonyl (C=O) groups is 1. The van der Waals surface area contributed by atoms with Crippen molar-refractivity contribution in [1.82, 2.24) is 0 Å². The molecule has 0 aliphatic heterocycles. The van der Waals surface area contributed by atoms with Gasteiger partial charge >= 0.3 is 0 Å². The molecule has 0 bridgehead atoms. The van der Waals surface area contributed by atoms with Crippen molar-refractivity contribution >= 4 is 17.7 Å². The summed E-state index contributed by atoms with van der Waals surface area (Å²) in [5, 5.41) is 2.67. The van der Waals surface area contributed by atoms with Crippen LogP contribution in [-0.4, -0.2) is 12.5 Å². The van der Waals surface area contributed by atoms with Crippen molar-refractivity contribution in [3.05, 3.63) is 66.0 Å². The third-order valence-corrected chi connectivity index (χ3v) is 2.91. The minimum Gasteiger partial charge on any atom is -0.493 e. The Morgan fingerprint density at radius 1 is 1.18 bits per heavy atom. The van der Waals surface area contributed by atoms with E-state index in [0.29, 0.717) is 12.3 Å². The van der Waals surface area contributed by atoms with E-state index < -0.39 is 0 Å². The summed E-state index contributed by atoms with van der Waals surface area (Å²) in [6.07, 6.45) is 4.05. The highest BCUT2D eigenvalue weighted by Crippen LogP contribution is 2.19. The van der Waals surface area contributed by atoms with E-state index in [2.05, 4.69) is 5.32 Å². The lowest BCUT2D eigenvalue weighted by atomic mass is 10.2. The molecule has 4 heteroatoms. The Kier molecular flexibility index (Phi) is 5.72. The molecular formula is C18H18FNO2. The number of benzene rings is 2. The van der Waals surface area contributed by atoms with E-state index in [0.717, 1.165) is 17.7 Å². The van der Waals surface area contributed by atoms with Crippen molar-refractivity contribution in [1.29, 1.82) is 0 Å². The van der Waals surface area contributed by atoms with E-state index >= 15 is 0 Å². The highest BCUT2D eigenvalue weighted by Gasteiger charge is 2.01. The van der Waals surface area contributed by atoms with Gasteiger partial charge in [-0.25, -0.2) is 4.39 Å². The maximum Gasteiger partial charge on any atom is 0.248 e. The van der Waals surface area contributed by atoms with Crippen molar-refractivity contribution in [2.24, 2.45) is 0 Å². The van der Waals surface area contributed by atoms with Crippen LogP contribution in [0.1, 0.15) is 18.9 Å². The van der Waals surface area contributed by atoms with Gasteiger partial charge in [-0.2, -0.15) is 0 Å². The van der Waals surface area contributed by atoms with Gasteiger partial charge in [0.1, 0.15) is 11.6 Å². The minimum atomic E-state index is -0.337.